The third kappa shape index (κ3) is 4.06. The van der Waals surface area contributed by atoms with Gasteiger partial charge in [0.1, 0.15) is 12.0 Å². The summed E-state index contributed by atoms with van der Waals surface area (Å²) in [6.07, 6.45) is 7.17. The summed E-state index contributed by atoms with van der Waals surface area (Å²) in [5, 5.41) is 8.38. The first-order valence-corrected chi connectivity index (χ1v) is 9.98. The van der Waals surface area contributed by atoms with Crippen molar-refractivity contribution in [1.29, 1.82) is 0 Å². The van der Waals surface area contributed by atoms with Gasteiger partial charge in [0, 0.05) is 35.5 Å². The van der Waals surface area contributed by atoms with Crippen molar-refractivity contribution < 1.29 is 4.79 Å². The third-order valence-corrected chi connectivity index (χ3v) is 5.12. The fourth-order valence-corrected chi connectivity index (χ4v) is 3.50. The minimum absolute atomic E-state index is 0.0870. The molecule has 31 heavy (non-hydrogen) atoms. The topological polar surface area (TPSA) is 88.5 Å². The Labute approximate surface area is 178 Å². The number of nitrogens with one attached hydrogen (secondary N) is 2. The molecule has 3 heterocycles. The number of amides is 1. The Balaban J connectivity index is 1.25. The van der Waals surface area contributed by atoms with Gasteiger partial charge in [0.15, 0.2) is 0 Å². The number of carbonyl (C=O) groups is 1. The molecule has 0 unspecified atom stereocenters. The van der Waals surface area contributed by atoms with Gasteiger partial charge in [0.05, 0.1) is 18.4 Å². The molecule has 2 aromatic carbocycles. The van der Waals surface area contributed by atoms with Crippen molar-refractivity contribution >= 4 is 16.9 Å². The normalized spacial score (nSPS) is 11.0. The fourth-order valence-electron chi connectivity index (χ4n) is 3.50. The summed E-state index contributed by atoms with van der Waals surface area (Å²) < 4.78 is 1.86. The minimum atomic E-state index is -0.0870. The number of hydrogen-bond acceptors (Lipinski definition) is 4. The summed E-state index contributed by atoms with van der Waals surface area (Å²) in [6, 6.07) is 19.4. The van der Waals surface area contributed by atoms with Gasteiger partial charge >= 0.3 is 0 Å². The van der Waals surface area contributed by atoms with Gasteiger partial charge in [-0.05, 0) is 29.3 Å². The van der Waals surface area contributed by atoms with E-state index in [1.807, 2.05) is 77.7 Å². The maximum atomic E-state index is 12.4. The lowest BCUT2D eigenvalue weighted by Gasteiger charge is -2.07. The molecule has 0 aliphatic carbocycles. The molecule has 5 rings (SSSR count). The van der Waals surface area contributed by atoms with Crippen LogP contribution in [0.3, 0.4) is 0 Å². The van der Waals surface area contributed by atoms with Crippen molar-refractivity contribution in [3.63, 3.8) is 0 Å². The van der Waals surface area contributed by atoms with Crippen LogP contribution < -0.4 is 5.32 Å². The number of aromatic nitrogens is 5. The highest BCUT2D eigenvalue weighted by Gasteiger charge is 2.10. The molecule has 0 saturated heterocycles. The van der Waals surface area contributed by atoms with Crippen molar-refractivity contribution in [2.45, 2.75) is 13.1 Å². The summed E-state index contributed by atoms with van der Waals surface area (Å²) >= 11 is 0. The van der Waals surface area contributed by atoms with Crippen LogP contribution in [0.2, 0.25) is 0 Å². The van der Waals surface area contributed by atoms with Crippen molar-refractivity contribution in [2.75, 3.05) is 0 Å². The number of aromatic amines is 1. The minimum Gasteiger partial charge on any atom is -0.348 e. The molecule has 5 aromatic rings. The second-order valence-corrected chi connectivity index (χ2v) is 7.25. The molecule has 0 spiro atoms. The largest absolute Gasteiger partial charge is 0.348 e. The molecule has 152 valence electrons. The van der Waals surface area contributed by atoms with E-state index >= 15 is 0 Å². The van der Waals surface area contributed by atoms with Crippen LogP contribution in [0.5, 0.6) is 0 Å². The molecule has 3 aromatic heterocycles. The highest BCUT2D eigenvalue weighted by molar-refractivity contribution is 5.94. The van der Waals surface area contributed by atoms with E-state index in [9.17, 15) is 4.79 Å². The van der Waals surface area contributed by atoms with Crippen LogP contribution in [-0.4, -0.2) is 30.6 Å². The lowest BCUT2D eigenvalue weighted by molar-refractivity contribution is 0.0951. The van der Waals surface area contributed by atoms with Crippen LogP contribution in [-0.2, 0) is 13.1 Å². The van der Waals surface area contributed by atoms with Crippen molar-refractivity contribution in [1.82, 2.24) is 30.0 Å². The lowest BCUT2D eigenvalue weighted by atomic mass is 10.1. The van der Waals surface area contributed by atoms with Crippen molar-refractivity contribution in [2.24, 2.45) is 0 Å². The average molecular weight is 408 g/mol. The van der Waals surface area contributed by atoms with Crippen LogP contribution >= 0.6 is 0 Å². The van der Waals surface area contributed by atoms with Gasteiger partial charge < -0.3 is 10.3 Å². The number of nitrogens with zero attached hydrogens (tertiary/aromatic N) is 4. The van der Waals surface area contributed by atoms with E-state index in [1.54, 1.807) is 12.5 Å². The summed E-state index contributed by atoms with van der Waals surface area (Å²) in [4.78, 5) is 24.1. The van der Waals surface area contributed by atoms with Crippen LogP contribution in [0.15, 0.2) is 85.6 Å². The van der Waals surface area contributed by atoms with Gasteiger partial charge in [-0.3, -0.25) is 9.48 Å². The molecule has 0 radical (unpaired) electrons. The Morgan fingerprint density at radius 2 is 1.81 bits per heavy atom. The zero-order chi connectivity index (χ0) is 21.0. The number of fused-ring (bicyclic) bond motifs is 1. The maximum Gasteiger partial charge on any atom is 0.251 e. The third-order valence-electron chi connectivity index (χ3n) is 5.12. The predicted octanol–water partition coefficient (Wildman–Crippen LogP) is 3.80. The summed E-state index contributed by atoms with van der Waals surface area (Å²) in [5.41, 5.74) is 5.36. The SMILES string of the molecule is O=C(NCc1ccccc1)c1ccc(Cn2cc(-c3ncnc4[nH]ccc34)cn2)cc1. The zero-order valence-corrected chi connectivity index (χ0v) is 16.7. The predicted molar refractivity (Wildman–Crippen MR) is 118 cm³/mol. The summed E-state index contributed by atoms with van der Waals surface area (Å²) in [7, 11) is 0. The Kier molecular flexibility index (Phi) is 4.98. The highest BCUT2D eigenvalue weighted by atomic mass is 16.1. The second-order valence-electron chi connectivity index (χ2n) is 7.25. The number of hydrogen-bond donors (Lipinski definition) is 2. The van der Waals surface area contributed by atoms with Crippen molar-refractivity contribution in [3.8, 4) is 11.3 Å². The standard InChI is InChI=1S/C24H20N6O/c31-24(26-12-17-4-2-1-3-5-17)19-8-6-18(7-9-19)14-30-15-20(13-29-30)22-21-10-11-25-23(21)28-16-27-22/h1-11,13,15-16H,12,14H2,(H,26,31)(H,25,27,28). The number of benzene rings is 2. The molecule has 0 atom stereocenters. The number of H-pyrrole nitrogens is 1. The first-order valence-electron chi connectivity index (χ1n) is 9.98. The molecule has 2 N–H and O–H groups in total. The van der Waals surface area contributed by atoms with Gasteiger partial charge in [-0.25, -0.2) is 9.97 Å². The molecular weight excluding hydrogens is 388 g/mol. The van der Waals surface area contributed by atoms with Gasteiger partial charge in [-0.1, -0.05) is 42.5 Å². The van der Waals surface area contributed by atoms with Gasteiger partial charge in [0.25, 0.3) is 5.91 Å². The van der Waals surface area contributed by atoms with Crippen LogP contribution in [0.4, 0.5) is 0 Å². The smallest absolute Gasteiger partial charge is 0.251 e. The molecule has 0 aliphatic heterocycles. The second kappa shape index (κ2) is 8.23. The Hall–Kier alpha value is -4.26. The first-order chi connectivity index (χ1) is 15.3. The van der Waals surface area contributed by atoms with E-state index in [-0.39, 0.29) is 5.91 Å². The van der Waals surface area contributed by atoms with Crippen LogP contribution in [0, 0.1) is 0 Å². The van der Waals surface area contributed by atoms with Gasteiger partial charge in [0.2, 0.25) is 0 Å². The number of carbonyl (C=O) groups excluding carboxylic acids is 1. The van der Waals surface area contributed by atoms with E-state index in [1.165, 1.54) is 0 Å². The molecule has 0 saturated carbocycles. The van der Waals surface area contributed by atoms with E-state index in [0.29, 0.717) is 18.7 Å². The lowest BCUT2D eigenvalue weighted by Crippen LogP contribution is -2.22. The van der Waals surface area contributed by atoms with E-state index in [2.05, 4.69) is 25.4 Å². The zero-order valence-electron chi connectivity index (χ0n) is 16.7. The van der Waals surface area contributed by atoms with E-state index in [0.717, 1.165) is 33.4 Å². The van der Waals surface area contributed by atoms with E-state index < -0.39 is 0 Å². The Bertz CT molecular complexity index is 1320. The molecule has 0 bridgehead atoms. The molecule has 1 amide bonds. The average Bonchev–Trinajstić information content (AvgIpc) is 3.48. The quantitative estimate of drug-likeness (QED) is 0.447. The van der Waals surface area contributed by atoms with Gasteiger partial charge in [-0.2, -0.15) is 5.10 Å². The summed E-state index contributed by atoms with van der Waals surface area (Å²) in [6.45, 7) is 1.11. The molecule has 0 fully saturated rings. The van der Waals surface area contributed by atoms with Gasteiger partial charge in [-0.15, -0.1) is 0 Å². The summed E-state index contributed by atoms with van der Waals surface area (Å²) in [5.74, 6) is -0.0870. The molecule has 7 nitrogen and oxygen atoms in total. The molecule has 0 aliphatic rings. The maximum absolute atomic E-state index is 12.4. The van der Waals surface area contributed by atoms with Crippen LogP contribution in [0.1, 0.15) is 21.5 Å². The Morgan fingerprint density at radius 3 is 2.65 bits per heavy atom. The fraction of sp³-hybridized carbons (Fsp3) is 0.0833. The number of rotatable bonds is 6. The van der Waals surface area contributed by atoms with E-state index in [4.69, 9.17) is 0 Å². The van der Waals surface area contributed by atoms with Crippen LogP contribution in [0.25, 0.3) is 22.3 Å². The Morgan fingerprint density at radius 1 is 0.968 bits per heavy atom. The monoisotopic (exact) mass is 408 g/mol. The first kappa shape index (κ1) is 18.7. The molecular formula is C24H20N6O. The molecule has 7 heteroatoms. The van der Waals surface area contributed by atoms with Crippen molar-refractivity contribution in [3.05, 3.63) is 102 Å². The highest BCUT2D eigenvalue weighted by Crippen LogP contribution is 2.24.